The van der Waals surface area contributed by atoms with Crippen molar-refractivity contribution in [2.75, 3.05) is 64.3 Å². The van der Waals surface area contributed by atoms with Crippen LogP contribution in [-0.2, 0) is 20.0 Å². The molecule has 3 aromatic rings. The number of alkyl halides is 1. The van der Waals surface area contributed by atoms with Crippen LogP contribution in [-0.4, -0.2) is 101 Å². The number of nitrogens with one attached hydrogen (secondary N) is 1. The third-order valence-electron chi connectivity index (χ3n) is 12.1. The van der Waals surface area contributed by atoms with Crippen LogP contribution < -0.4 is 16.0 Å². The van der Waals surface area contributed by atoms with E-state index in [2.05, 4.69) is 15.1 Å². The van der Waals surface area contributed by atoms with Crippen molar-refractivity contribution < 1.29 is 31.5 Å². The first-order valence-corrected chi connectivity index (χ1v) is 20.2. The minimum Gasteiger partial charge on any atom is -0.446 e. The Labute approximate surface area is 310 Å². The quantitative estimate of drug-likeness (QED) is 0.260. The average molecular weight is 750 g/mol. The lowest BCUT2D eigenvalue weighted by atomic mass is 9.58. The number of sulfone groups is 1. The van der Waals surface area contributed by atoms with Gasteiger partial charge in [-0.1, -0.05) is 12.1 Å². The number of rotatable bonds is 12. The van der Waals surface area contributed by atoms with Crippen LogP contribution in [0.25, 0.3) is 0 Å². The first-order valence-electron chi connectivity index (χ1n) is 18.7. The SMILES string of the molecule is CNC(=O)c1ccc(S(=O)(=O)c2ccc(N3CC(F)(CN4CCC([C@@](CN5CCC5)(c5cccc(F)c5)[C@H]5CCC[C@@H]5OC(N)=O)CC4)C3)cc2)cc1. The Hall–Kier alpha value is -4.07. The summed E-state index contributed by atoms with van der Waals surface area (Å²) < 4.78 is 63.3. The number of anilines is 1. The molecule has 0 aromatic heterocycles. The summed E-state index contributed by atoms with van der Waals surface area (Å²) >= 11 is 0. The molecule has 53 heavy (non-hydrogen) atoms. The van der Waals surface area contributed by atoms with Crippen molar-refractivity contribution in [3.8, 4) is 0 Å². The van der Waals surface area contributed by atoms with Crippen LogP contribution >= 0.6 is 0 Å². The van der Waals surface area contributed by atoms with Gasteiger partial charge in [0.25, 0.3) is 5.91 Å². The molecule has 0 bridgehead atoms. The van der Waals surface area contributed by atoms with E-state index in [0.29, 0.717) is 25.2 Å². The zero-order chi connectivity index (χ0) is 37.4. The van der Waals surface area contributed by atoms with Crippen LogP contribution in [0.15, 0.2) is 82.6 Å². The number of halogens is 2. The fourth-order valence-corrected chi connectivity index (χ4v) is 10.7. The highest BCUT2D eigenvalue weighted by atomic mass is 32.2. The summed E-state index contributed by atoms with van der Waals surface area (Å²) in [5, 5.41) is 2.52. The number of benzene rings is 3. The topological polar surface area (TPSA) is 125 Å². The first-order chi connectivity index (χ1) is 25.4. The van der Waals surface area contributed by atoms with Crippen molar-refractivity contribution >= 4 is 27.5 Å². The standard InChI is InChI=1S/C40H49F2N5O5S/c1-44-37(48)28-9-13-33(14-10-28)53(50,51)34-15-11-32(12-16-34)47-25-39(42,26-47)24-46-21-17-29(18-22-46)40(27-45-19-4-20-45,30-5-2-6-31(41)23-30)35-7-3-8-36(35)52-38(43)49/h2,5-6,9-16,23,29,35-36H,3-4,7-8,17-22,24-27H2,1H3,(H2,43,49)(H,44,48)/t35-,36-,40-/m0/s1. The summed E-state index contributed by atoms with van der Waals surface area (Å²) in [4.78, 5) is 30.6. The molecule has 3 aromatic carbocycles. The number of nitrogens with zero attached hydrogens (tertiary/aromatic N) is 3. The molecule has 3 saturated heterocycles. The number of hydrogen-bond donors (Lipinski definition) is 2. The molecular weight excluding hydrogens is 701 g/mol. The number of piperidine rings is 1. The van der Waals surface area contributed by atoms with Gasteiger partial charge in [0, 0.05) is 42.7 Å². The van der Waals surface area contributed by atoms with Gasteiger partial charge in [0.05, 0.1) is 22.9 Å². The molecular formula is C40H49F2N5O5S. The Morgan fingerprint density at radius 3 is 2.15 bits per heavy atom. The normalized spacial score (nSPS) is 23.4. The fraction of sp³-hybridized carbons (Fsp3) is 0.500. The molecule has 3 atom stereocenters. The highest BCUT2D eigenvalue weighted by Crippen LogP contribution is 2.52. The van der Waals surface area contributed by atoms with Crippen LogP contribution in [0.4, 0.5) is 19.3 Å². The molecule has 0 radical (unpaired) electrons. The van der Waals surface area contributed by atoms with Crippen LogP contribution in [0.1, 0.15) is 54.4 Å². The van der Waals surface area contributed by atoms with Crippen molar-refractivity contribution in [3.05, 3.63) is 89.7 Å². The lowest BCUT2D eigenvalue weighted by molar-refractivity contribution is -0.0206. The van der Waals surface area contributed by atoms with Crippen molar-refractivity contribution in [1.29, 1.82) is 0 Å². The van der Waals surface area contributed by atoms with Gasteiger partial charge in [-0.05, 0) is 137 Å². The maximum Gasteiger partial charge on any atom is 0.404 e. The Balaban J connectivity index is 1.01. The molecule has 2 amide bonds. The smallest absolute Gasteiger partial charge is 0.404 e. The van der Waals surface area contributed by atoms with Crippen molar-refractivity contribution in [2.45, 2.75) is 65.5 Å². The van der Waals surface area contributed by atoms with E-state index in [1.165, 1.54) is 49.5 Å². The van der Waals surface area contributed by atoms with Gasteiger partial charge in [-0.25, -0.2) is 22.0 Å². The fourth-order valence-electron chi connectivity index (χ4n) is 9.41. The molecule has 284 valence electrons. The van der Waals surface area contributed by atoms with Gasteiger partial charge < -0.3 is 25.6 Å². The number of primary amides is 1. The molecule has 0 unspecified atom stereocenters. The van der Waals surface area contributed by atoms with Gasteiger partial charge in [0.1, 0.15) is 11.9 Å². The second kappa shape index (κ2) is 15.0. The molecule has 1 aliphatic carbocycles. The Kier molecular flexibility index (Phi) is 10.5. The molecule has 4 aliphatic rings. The third kappa shape index (κ3) is 7.52. The van der Waals surface area contributed by atoms with Crippen molar-refractivity contribution in [3.63, 3.8) is 0 Å². The molecule has 3 aliphatic heterocycles. The largest absolute Gasteiger partial charge is 0.446 e. The molecule has 7 rings (SSSR count). The Bertz CT molecular complexity index is 1890. The molecule has 3 N–H and O–H groups in total. The number of amides is 2. The van der Waals surface area contributed by atoms with Gasteiger partial charge in [0.15, 0.2) is 5.67 Å². The van der Waals surface area contributed by atoms with E-state index in [9.17, 15) is 22.4 Å². The predicted octanol–water partition coefficient (Wildman–Crippen LogP) is 5.17. The van der Waals surface area contributed by atoms with Gasteiger partial charge in [-0.15, -0.1) is 0 Å². The van der Waals surface area contributed by atoms with E-state index in [1.807, 2.05) is 11.0 Å². The van der Waals surface area contributed by atoms with Gasteiger partial charge in [-0.2, -0.15) is 0 Å². The zero-order valence-electron chi connectivity index (χ0n) is 30.2. The maximum atomic E-state index is 16.2. The summed E-state index contributed by atoms with van der Waals surface area (Å²) in [5.41, 5.74) is 5.76. The number of carbonyl (C=O) groups excluding carboxylic acids is 2. The van der Waals surface area contributed by atoms with E-state index in [0.717, 1.165) is 69.4 Å². The average Bonchev–Trinajstić information content (AvgIpc) is 3.58. The highest BCUT2D eigenvalue weighted by molar-refractivity contribution is 7.91. The number of carbonyl (C=O) groups is 2. The summed E-state index contributed by atoms with van der Waals surface area (Å²) in [6.45, 7) is 4.85. The number of hydrogen-bond acceptors (Lipinski definition) is 8. The van der Waals surface area contributed by atoms with Gasteiger partial charge >= 0.3 is 6.09 Å². The van der Waals surface area contributed by atoms with E-state index in [4.69, 9.17) is 10.5 Å². The first kappa shape index (κ1) is 37.3. The highest BCUT2D eigenvalue weighted by Gasteiger charge is 2.54. The van der Waals surface area contributed by atoms with Crippen molar-refractivity contribution in [1.82, 2.24) is 15.1 Å². The van der Waals surface area contributed by atoms with E-state index in [-0.39, 0.29) is 52.5 Å². The van der Waals surface area contributed by atoms with Crippen LogP contribution in [0, 0.1) is 17.7 Å². The number of likely N-dealkylation sites (tertiary alicyclic amines) is 2. The number of nitrogens with two attached hydrogens (primary N) is 1. The molecule has 3 heterocycles. The lowest BCUT2D eigenvalue weighted by Gasteiger charge is -2.54. The summed E-state index contributed by atoms with van der Waals surface area (Å²) in [6.07, 6.45) is 4.15. The summed E-state index contributed by atoms with van der Waals surface area (Å²) in [7, 11) is -2.28. The second-order valence-electron chi connectivity index (χ2n) is 15.4. The molecule has 4 fully saturated rings. The third-order valence-corrected chi connectivity index (χ3v) is 13.9. The van der Waals surface area contributed by atoms with E-state index in [1.54, 1.807) is 24.3 Å². The molecule has 13 heteroatoms. The predicted molar refractivity (Wildman–Crippen MR) is 198 cm³/mol. The van der Waals surface area contributed by atoms with E-state index < -0.39 is 27.0 Å². The van der Waals surface area contributed by atoms with Gasteiger partial charge in [0.2, 0.25) is 9.84 Å². The molecule has 10 nitrogen and oxygen atoms in total. The number of ether oxygens (including phenoxy) is 1. The van der Waals surface area contributed by atoms with Crippen LogP contribution in [0.3, 0.4) is 0 Å². The maximum absolute atomic E-state index is 16.2. The Morgan fingerprint density at radius 1 is 0.906 bits per heavy atom. The Morgan fingerprint density at radius 2 is 1.57 bits per heavy atom. The van der Waals surface area contributed by atoms with E-state index >= 15 is 4.39 Å². The molecule has 1 saturated carbocycles. The summed E-state index contributed by atoms with van der Waals surface area (Å²) in [5.74, 6) is -0.400. The minimum atomic E-state index is -3.80. The van der Waals surface area contributed by atoms with Crippen LogP contribution in [0.5, 0.6) is 0 Å². The van der Waals surface area contributed by atoms with Crippen molar-refractivity contribution in [2.24, 2.45) is 17.6 Å². The molecule has 0 spiro atoms. The summed E-state index contributed by atoms with van der Waals surface area (Å²) in [6, 6.07) is 19.2. The van der Waals surface area contributed by atoms with Crippen LogP contribution in [0.2, 0.25) is 0 Å². The zero-order valence-corrected chi connectivity index (χ0v) is 31.0. The van der Waals surface area contributed by atoms with Gasteiger partial charge in [-0.3, -0.25) is 9.69 Å². The lowest BCUT2D eigenvalue weighted by Crippen LogP contribution is -2.65. The minimum absolute atomic E-state index is 0.00222. The monoisotopic (exact) mass is 749 g/mol. The second-order valence-corrected chi connectivity index (χ2v) is 17.3.